The van der Waals surface area contributed by atoms with Gasteiger partial charge in [0.05, 0.1) is 23.9 Å². The molecule has 0 atom stereocenters. The Morgan fingerprint density at radius 3 is 2.61 bits per heavy atom. The van der Waals surface area contributed by atoms with E-state index in [0.29, 0.717) is 17.9 Å². The summed E-state index contributed by atoms with van der Waals surface area (Å²) in [5.74, 6) is -0.563. The van der Waals surface area contributed by atoms with Crippen molar-refractivity contribution in [2.75, 3.05) is 0 Å². The van der Waals surface area contributed by atoms with Crippen molar-refractivity contribution in [3.05, 3.63) is 84.3 Å². The zero-order valence-corrected chi connectivity index (χ0v) is 15.1. The van der Waals surface area contributed by atoms with Crippen LogP contribution in [0, 0.1) is 5.82 Å². The number of hydrogen-bond acceptors (Lipinski definition) is 4. The van der Waals surface area contributed by atoms with Gasteiger partial charge in [-0.2, -0.15) is 5.10 Å². The number of carbonyl (C=O) groups is 1. The van der Waals surface area contributed by atoms with Crippen molar-refractivity contribution in [3.63, 3.8) is 0 Å². The standard InChI is InChI=1S/C21H17FN4O2/c1-26-20(10-19(25-26)15-3-5-17(22)6-4-15)21(27)24-12-14-2-7-18(23-11-14)16-8-9-28-13-16/h2-11,13H,12H2,1H3,(H,24,27). The lowest BCUT2D eigenvalue weighted by Gasteiger charge is -2.06. The highest BCUT2D eigenvalue weighted by atomic mass is 19.1. The lowest BCUT2D eigenvalue weighted by molar-refractivity contribution is 0.0941. The summed E-state index contributed by atoms with van der Waals surface area (Å²) in [6.45, 7) is 0.342. The van der Waals surface area contributed by atoms with Gasteiger partial charge in [0.25, 0.3) is 5.91 Å². The molecule has 6 nitrogen and oxygen atoms in total. The van der Waals surface area contributed by atoms with Crippen molar-refractivity contribution in [1.82, 2.24) is 20.1 Å². The fourth-order valence-corrected chi connectivity index (χ4v) is 2.82. The molecule has 1 aromatic carbocycles. The Kier molecular flexibility index (Phi) is 4.72. The Morgan fingerprint density at radius 1 is 1.11 bits per heavy atom. The van der Waals surface area contributed by atoms with Gasteiger partial charge in [-0.25, -0.2) is 4.39 Å². The normalized spacial score (nSPS) is 10.8. The molecule has 0 fully saturated rings. The summed E-state index contributed by atoms with van der Waals surface area (Å²) in [5.41, 5.74) is 4.36. The first-order chi connectivity index (χ1) is 13.6. The lowest BCUT2D eigenvalue weighted by atomic mass is 10.1. The molecule has 0 bridgehead atoms. The predicted molar refractivity (Wildman–Crippen MR) is 102 cm³/mol. The van der Waals surface area contributed by atoms with Crippen molar-refractivity contribution in [2.45, 2.75) is 6.54 Å². The van der Waals surface area contributed by atoms with Gasteiger partial charge >= 0.3 is 0 Å². The van der Waals surface area contributed by atoms with E-state index in [-0.39, 0.29) is 11.7 Å². The molecule has 140 valence electrons. The second-order valence-electron chi connectivity index (χ2n) is 6.29. The molecule has 0 aliphatic rings. The van der Waals surface area contributed by atoms with Crippen molar-refractivity contribution >= 4 is 5.91 Å². The Bertz CT molecular complexity index is 1080. The average molecular weight is 376 g/mol. The number of hydrogen-bond donors (Lipinski definition) is 1. The molecule has 0 aliphatic carbocycles. The maximum Gasteiger partial charge on any atom is 0.269 e. The molecule has 0 unspecified atom stereocenters. The number of furan rings is 1. The Morgan fingerprint density at radius 2 is 1.93 bits per heavy atom. The first kappa shape index (κ1) is 17.7. The van der Waals surface area contributed by atoms with E-state index in [1.807, 2.05) is 18.2 Å². The van der Waals surface area contributed by atoms with Crippen molar-refractivity contribution in [2.24, 2.45) is 7.05 Å². The van der Waals surface area contributed by atoms with Crippen LogP contribution in [0.2, 0.25) is 0 Å². The Balaban J connectivity index is 1.43. The fourth-order valence-electron chi connectivity index (χ4n) is 2.82. The highest BCUT2D eigenvalue weighted by molar-refractivity contribution is 5.93. The van der Waals surface area contributed by atoms with Gasteiger partial charge in [-0.15, -0.1) is 0 Å². The molecule has 7 heteroatoms. The van der Waals surface area contributed by atoms with Crippen LogP contribution >= 0.6 is 0 Å². The molecule has 28 heavy (non-hydrogen) atoms. The number of rotatable bonds is 5. The van der Waals surface area contributed by atoms with Crippen LogP contribution in [0.1, 0.15) is 16.1 Å². The molecule has 1 N–H and O–H groups in total. The third-order valence-electron chi connectivity index (χ3n) is 4.35. The topological polar surface area (TPSA) is 73.0 Å². The van der Waals surface area contributed by atoms with Gasteiger partial charge in [0.2, 0.25) is 0 Å². The Hall–Kier alpha value is -3.74. The minimum Gasteiger partial charge on any atom is -0.472 e. The second kappa shape index (κ2) is 7.48. The van der Waals surface area contributed by atoms with Crippen LogP contribution in [0.15, 0.2) is 71.7 Å². The summed E-state index contributed by atoms with van der Waals surface area (Å²) in [6, 6.07) is 13.3. The van der Waals surface area contributed by atoms with Crippen LogP contribution in [0.25, 0.3) is 22.5 Å². The van der Waals surface area contributed by atoms with Crippen LogP contribution in [-0.4, -0.2) is 20.7 Å². The van der Waals surface area contributed by atoms with Crippen molar-refractivity contribution < 1.29 is 13.6 Å². The molecule has 4 aromatic rings. The van der Waals surface area contributed by atoms with Crippen LogP contribution in [0.3, 0.4) is 0 Å². The van der Waals surface area contributed by atoms with Crippen LogP contribution in [0.5, 0.6) is 0 Å². The Labute approximate surface area is 160 Å². The first-order valence-electron chi connectivity index (χ1n) is 8.66. The maximum absolute atomic E-state index is 13.1. The molecule has 0 radical (unpaired) electrons. The van der Waals surface area contributed by atoms with E-state index < -0.39 is 0 Å². The lowest BCUT2D eigenvalue weighted by Crippen LogP contribution is -2.25. The summed E-state index contributed by atoms with van der Waals surface area (Å²) < 4.78 is 19.6. The molecular weight excluding hydrogens is 359 g/mol. The third-order valence-corrected chi connectivity index (χ3v) is 4.35. The minimum absolute atomic E-state index is 0.248. The molecule has 4 rings (SSSR count). The summed E-state index contributed by atoms with van der Waals surface area (Å²) in [6.07, 6.45) is 4.94. The number of halogens is 1. The van der Waals surface area contributed by atoms with E-state index >= 15 is 0 Å². The van der Waals surface area contributed by atoms with Gasteiger partial charge in [-0.1, -0.05) is 6.07 Å². The minimum atomic E-state index is -0.315. The number of aryl methyl sites for hydroxylation is 1. The van der Waals surface area contributed by atoms with Gasteiger partial charge in [0.15, 0.2) is 0 Å². The van der Waals surface area contributed by atoms with Crippen LogP contribution in [0.4, 0.5) is 4.39 Å². The number of carbonyl (C=O) groups excluding carboxylic acids is 1. The van der Waals surface area contributed by atoms with Crippen molar-refractivity contribution in [3.8, 4) is 22.5 Å². The fraction of sp³-hybridized carbons (Fsp3) is 0.0952. The number of nitrogens with one attached hydrogen (secondary N) is 1. The van der Waals surface area contributed by atoms with Gasteiger partial charge in [0, 0.05) is 30.9 Å². The molecule has 3 aromatic heterocycles. The highest BCUT2D eigenvalue weighted by Gasteiger charge is 2.14. The predicted octanol–water partition coefficient (Wildman–Crippen LogP) is 3.81. The van der Waals surface area contributed by atoms with E-state index in [2.05, 4.69) is 15.4 Å². The van der Waals surface area contributed by atoms with Gasteiger partial charge in [-0.05, 0) is 48.0 Å². The van der Waals surface area contributed by atoms with E-state index in [4.69, 9.17) is 4.42 Å². The van der Waals surface area contributed by atoms with Gasteiger partial charge in [0.1, 0.15) is 11.5 Å². The summed E-state index contributed by atoms with van der Waals surface area (Å²) in [5, 5.41) is 7.20. The quantitative estimate of drug-likeness (QED) is 0.575. The number of benzene rings is 1. The second-order valence-corrected chi connectivity index (χ2v) is 6.29. The van der Waals surface area contributed by atoms with Gasteiger partial charge in [-0.3, -0.25) is 14.5 Å². The summed E-state index contributed by atoms with van der Waals surface area (Å²) in [7, 11) is 1.70. The highest BCUT2D eigenvalue weighted by Crippen LogP contribution is 2.20. The molecule has 0 spiro atoms. The molecule has 0 saturated carbocycles. The number of nitrogens with zero attached hydrogens (tertiary/aromatic N) is 3. The summed E-state index contributed by atoms with van der Waals surface area (Å²) in [4.78, 5) is 16.9. The third kappa shape index (κ3) is 3.68. The molecule has 0 saturated heterocycles. The monoisotopic (exact) mass is 376 g/mol. The zero-order valence-electron chi connectivity index (χ0n) is 15.1. The van der Waals surface area contributed by atoms with Crippen LogP contribution in [-0.2, 0) is 13.6 Å². The van der Waals surface area contributed by atoms with Crippen LogP contribution < -0.4 is 5.32 Å². The molecule has 1 amide bonds. The molecule has 3 heterocycles. The van der Waals surface area contributed by atoms with E-state index in [9.17, 15) is 9.18 Å². The number of amides is 1. The molecular formula is C21H17FN4O2. The zero-order chi connectivity index (χ0) is 19.5. The maximum atomic E-state index is 13.1. The van der Waals surface area contributed by atoms with Gasteiger partial charge < -0.3 is 9.73 Å². The van der Waals surface area contributed by atoms with E-state index in [1.54, 1.807) is 44.0 Å². The SMILES string of the molecule is Cn1nc(-c2ccc(F)cc2)cc1C(=O)NCc1ccc(-c2ccoc2)nc1. The van der Waals surface area contributed by atoms with E-state index in [1.165, 1.54) is 16.8 Å². The molecule has 0 aliphatic heterocycles. The smallest absolute Gasteiger partial charge is 0.269 e. The van der Waals surface area contributed by atoms with Crippen molar-refractivity contribution in [1.29, 1.82) is 0 Å². The van der Waals surface area contributed by atoms with E-state index in [0.717, 1.165) is 22.4 Å². The summed E-state index contributed by atoms with van der Waals surface area (Å²) >= 11 is 0. The number of aromatic nitrogens is 3. The first-order valence-corrected chi connectivity index (χ1v) is 8.66. The average Bonchev–Trinajstić information content (AvgIpc) is 3.37. The largest absolute Gasteiger partial charge is 0.472 e. The number of pyridine rings is 1.